The Hall–Kier alpha value is -1.65. The summed E-state index contributed by atoms with van der Waals surface area (Å²) in [5.74, 6) is 0.330. The van der Waals surface area contributed by atoms with Crippen molar-refractivity contribution in [1.29, 1.82) is 0 Å². The molecule has 5 nitrogen and oxygen atoms in total. The molecule has 0 radical (unpaired) electrons. The Kier molecular flexibility index (Phi) is 4.75. The summed E-state index contributed by atoms with van der Waals surface area (Å²) >= 11 is 0. The van der Waals surface area contributed by atoms with Crippen LogP contribution in [-0.2, 0) is 23.9 Å². The lowest BCUT2D eigenvalue weighted by atomic mass is 9.46. The largest absolute Gasteiger partial charge is 0.462 e. The Morgan fingerprint density at radius 3 is 2.31 bits per heavy atom. The summed E-state index contributed by atoms with van der Waals surface area (Å²) in [4.78, 5) is 36.6. The maximum Gasteiger partial charge on any atom is 0.303 e. The molecule has 0 saturated heterocycles. The van der Waals surface area contributed by atoms with Crippen LogP contribution in [0.3, 0.4) is 0 Å². The van der Waals surface area contributed by atoms with Crippen LogP contribution >= 0.6 is 0 Å². The molecule has 3 fully saturated rings. The van der Waals surface area contributed by atoms with Gasteiger partial charge in [0.2, 0.25) is 0 Å². The molecule has 0 heterocycles. The van der Waals surface area contributed by atoms with Gasteiger partial charge in [0.15, 0.2) is 5.78 Å². The van der Waals surface area contributed by atoms with E-state index in [0.717, 1.165) is 38.5 Å². The number of ether oxygens (including phenoxy) is 2. The summed E-state index contributed by atoms with van der Waals surface area (Å²) in [6.45, 7) is 9.55. The van der Waals surface area contributed by atoms with Crippen LogP contribution in [-0.4, -0.2) is 29.4 Å². The van der Waals surface area contributed by atoms with E-state index in [0.29, 0.717) is 12.3 Å². The van der Waals surface area contributed by atoms with E-state index in [-0.39, 0.29) is 46.5 Å². The predicted octanol–water partition coefficient (Wildman–Crippen LogP) is 4.38. The fourth-order valence-corrected chi connectivity index (χ4v) is 7.42. The minimum Gasteiger partial charge on any atom is -0.462 e. The smallest absolute Gasteiger partial charge is 0.303 e. The molecular weight excluding hydrogens is 368 g/mol. The second kappa shape index (κ2) is 6.68. The van der Waals surface area contributed by atoms with Gasteiger partial charge in [0.1, 0.15) is 11.7 Å². The second-order valence-electron chi connectivity index (χ2n) is 10.5. The van der Waals surface area contributed by atoms with E-state index in [1.54, 1.807) is 0 Å². The number of ketones is 1. The van der Waals surface area contributed by atoms with Gasteiger partial charge in [-0.25, -0.2) is 0 Å². The van der Waals surface area contributed by atoms with E-state index in [1.807, 2.05) is 6.08 Å². The quantitative estimate of drug-likeness (QED) is 0.641. The van der Waals surface area contributed by atoms with Crippen LogP contribution in [0, 0.1) is 28.6 Å². The number of carbonyl (C=O) groups excluding carboxylic acids is 3. The lowest BCUT2D eigenvalue weighted by Gasteiger charge is -2.58. The van der Waals surface area contributed by atoms with E-state index < -0.39 is 5.60 Å². The molecule has 4 aliphatic rings. The standard InChI is InChI=1S/C24H34O5/c1-14(25)28-17-6-9-22(3)16(12-17)13-20(27)21-18(22)7-10-23(4)19(21)8-11-24(23,5)29-15(2)26/h13,17-19,21H,6-12H2,1-5H3/t17-,18+,19-,21-,22-,23+,24+/m1/s1. The molecular formula is C24H34O5. The minimum atomic E-state index is -0.493. The van der Waals surface area contributed by atoms with Gasteiger partial charge < -0.3 is 9.47 Å². The fraction of sp³-hybridized carbons (Fsp3) is 0.792. The van der Waals surface area contributed by atoms with Crippen molar-refractivity contribution >= 4 is 17.7 Å². The van der Waals surface area contributed by atoms with Gasteiger partial charge in [-0.15, -0.1) is 0 Å². The Labute approximate surface area is 173 Å². The van der Waals surface area contributed by atoms with Crippen LogP contribution in [0.4, 0.5) is 0 Å². The number of hydrogen-bond donors (Lipinski definition) is 0. The predicted molar refractivity (Wildman–Crippen MR) is 108 cm³/mol. The zero-order chi connectivity index (χ0) is 21.2. The molecule has 29 heavy (non-hydrogen) atoms. The van der Waals surface area contributed by atoms with Crippen molar-refractivity contribution in [3.8, 4) is 0 Å². The second-order valence-corrected chi connectivity index (χ2v) is 10.5. The molecule has 160 valence electrons. The van der Waals surface area contributed by atoms with Gasteiger partial charge in [0, 0.05) is 31.6 Å². The third kappa shape index (κ3) is 2.98. The third-order valence-corrected chi connectivity index (χ3v) is 9.13. The molecule has 0 N–H and O–H groups in total. The van der Waals surface area contributed by atoms with Gasteiger partial charge in [-0.2, -0.15) is 0 Å². The van der Waals surface area contributed by atoms with E-state index >= 15 is 0 Å². The van der Waals surface area contributed by atoms with Gasteiger partial charge in [0.25, 0.3) is 0 Å². The van der Waals surface area contributed by atoms with Crippen LogP contribution in [0.15, 0.2) is 11.6 Å². The third-order valence-electron chi connectivity index (χ3n) is 9.13. The van der Waals surface area contributed by atoms with Crippen molar-refractivity contribution in [3.63, 3.8) is 0 Å². The maximum atomic E-state index is 13.4. The molecule has 0 aromatic carbocycles. The fourth-order valence-electron chi connectivity index (χ4n) is 7.42. The number of hydrogen-bond acceptors (Lipinski definition) is 5. The van der Waals surface area contributed by atoms with Crippen molar-refractivity contribution in [2.24, 2.45) is 28.6 Å². The molecule has 0 aromatic rings. The SMILES string of the molecule is CC(=O)O[C@@H]1CC[C@]2(C)C(=CC(=O)[C@H]3[C@H]4CC[C@](C)(OC(C)=O)[C@@]4(C)CC[C@@H]32)C1. The molecule has 4 aliphatic carbocycles. The topological polar surface area (TPSA) is 69.7 Å². The average Bonchev–Trinajstić information content (AvgIpc) is 2.86. The molecule has 0 spiro atoms. The molecule has 4 rings (SSSR count). The van der Waals surface area contributed by atoms with Crippen LogP contribution in [0.5, 0.6) is 0 Å². The Morgan fingerprint density at radius 2 is 1.66 bits per heavy atom. The van der Waals surface area contributed by atoms with E-state index in [1.165, 1.54) is 19.4 Å². The molecule has 0 bridgehead atoms. The zero-order valence-electron chi connectivity index (χ0n) is 18.4. The molecule has 0 unspecified atom stereocenters. The van der Waals surface area contributed by atoms with E-state index in [4.69, 9.17) is 9.47 Å². The van der Waals surface area contributed by atoms with Gasteiger partial charge in [0.05, 0.1) is 0 Å². The Balaban J connectivity index is 1.65. The number of esters is 2. The lowest BCUT2D eigenvalue weighted by Crippen LogP contribution is -2.57. The Morgan fingerprint density at radius 1 is 0.966 bits per heavy atom. The van der Waals surface area contributed by atoms with Gasteiger partial charge in [-0.05, 0) is 68.8 Å². The summed E-state index contributed by atoms with van der Waals surface area (Å²) in [6.07, 6.45) is 7.98. The lowest BCUT2D eigenvalue weighted by molar-refractivity contribution is -0.177. The highest BCUT2D eigenvalue weighted by atomic mass is 16.6. The molecule has 0 aromatic heterocycles. The van der Waals surface area contributed by atoms with Crippen molar-refractivity contribution in [2.45, 2.75) is 91.3 Å². The van der Waals surface area contributed by atoms with Gasteiger partial charge in [-0.3, -0.25) is 14.4 Å². The van der Waals surface area contributed by atoms with Crippen LogP contribution < -0.4 is 0 Å². The minimum absolute atomic E-state index is 0.00300. The molecule has 0 aliphatic heterocycles. The van der Waals surface area contributed by atoms with Crippen molar-refractivity contribution in [3.05, 3.63) is 11.6 Å². The van der Waals surface area contributed by atoms with Gasteiger partial charge >= 0.3 is 11.9 Å². The first-order valence-electron chi connectivity index (χ1n) is 11.1. The first kappa shape index (κ1) is 20.6. The Bertz CT molecular complexity index is 784. The number of fused-ring (bicyclic) bond motifs is 5. The normalized spacial score (nSPS) is 46.1. The van der Waals surface area contributed by atoms with Crippen LogP contribution in [0.2, 0.25) is 0 Å². The monoisotopic (exact) mass is 402 g/mol. The first-order chi connectivity index (χ1) is 13.5. The molecule has 5 heteroatoms. The highest BCUT2D eigenvalue weighted by molar-refractivity contribution is 5.94. The van der Waals surface area contributed by atoms with Gasteiger partial charge in [-0.1, -0.05) is 19.4 Å². The zero-order valence-corrected chi connectivity index (χ0v) is 18.4. The van der Waals surface area contributed by atoms with Crippen LogP contribution in [0.1, 0.15) is 79.6 Å². The molecule has 7 atom stereocenters. The summed E-state index contributed by atoms with van der Waals surface area (Å²) in [7, 11) is 0. The van der Waals surface area contributed by atoms with E-state index in [9.17, 15) is 14.4 Å². The van der Waals surface area contributed by atoms with Crippen molar-refractivity contribution in [2.75, 3.05) is 0 Å². The highest BCUT2D eigenvalue weighted by Gasteiger charge is 2.65. The first-order valence-corrected chi connectivity index (χ1v) is 11.1. The number of carbonyl (C=O) groups is 3. The highest BCUT2D eigenvalue weighted by Crippen LogP contribution is 2.67. The van der Waals surface area contributed by atoms with Crippen molar-refractivity contribution < 1.29 is 23.9 Å². The summed E-state index contributed by atoms with van der Waals surface area (Å²) in [5, 5.41) is 0. The summed E-state index contributed by atoms with van der Waals surface area (Å²) < 4.78 is 11.3. The summed E-state index contributed by atoms with van der Waals surface area (Å²) in [6, 6.07) is 0. The number of rotatable bonds is 2. The molecule has 3 saturated carbocycles. The summed E-state index contributed by atoms with van der Waals surface area (Å²) in [5.41, 5.74) is 0.515. The average molecular weight is 403 g/mol. The maximum absolute atomic E-state index is 13.4. The van der Waals surface area contributed by atoms with E-state index in [2.05, 4.69) is 20.8 Å². The van der Waals surface area contributed by atoms with Crippen molar-refractivity contribution in [1.82, 2.24) is 0 Å². The molecule has 0 amide bonds. The van der Waals surface area contributed by atoms with Crippen LogP contribution in [0.25, 0.3) is 0 Å². The number of allylic oxidation sites excluding steroid dienone is 1.